The molecule has 0 bridgehead atoms. The van der Waals surface area contributed by atoms with E-state index in [2.05, 4.69) is 130 Å². The van der Waals surface area contributed by atoms with Crippen molar-refractivity contribution in [1.82, 2.24) is 0 Å². The maximum absolute atomic E-state index is 12.8. The monoisotopic (exact) mass is 999 g/mol. The van der Waals surface area contributed by atoms with Crippen LogP contribution in [0.15, 0.2) is 109 Å². The first-order valence-electron chi connectivity index (χ1n) is 29.9. The fourth-order valence-corrected chi connectivity index (χ4v) is 8.09. The zero-order chi connectivity index (χ0) is 52.2. The summed E-state index contributed by atoms with van der Waals surface area (Å²) in [6, 6.07) is 0. The summed E-state index contributed by atoms with van der Waals surface area (Å²) in [5.74, 6) is -0.968. The molecule has 0 aromatic heterocycles. The van der Waals surface area contributed by atoms with Crippen molar-refractivity contribution in [2.75, 3.05) is 13.2 Å². The van der Waals surface area contributed by atoms with Crippen molar-refractivity contribution in [3.63, 3.8) is 0 Å². The molecule has 1 atom stereocenters. The fourth-order valence-electron chi connectivity index (χ4n) is 8.09. The standard InChI is InChI=1S/C66H110O6/c1-4-7-10-13-15-17-19-21-23-25-27-29-30-31-32-33-34-35-36-37-39-40-42-44-46-48-50-53-56-59-65(68)71-62-63(61-70-64(67)58-55-52-12-9-6-3)72-66(69)60-57-54-51-49-47-45-43-41-38-28-26-24-22-20-18-16-14-11-8-5-2/h7,10,15,17,21,23,27,29,31-32,34-35,37,39,42,44,48,50,63H,4-6,8-9,11-14,16,18-20,22,24-26,28,30,33,36,38,40-41,43,45-47,49,51-62H2,1-3H3/b10-7-,17-15-,23-21-,29-27-,32-31-,35-34-,39-37-,44-42-,50-48-. The van der Waals surface area contributed by atoms with Crippen molar-refractivity contribution in [3.8, 4) is 0 Å². The van der Waals surface area contributed by atoms with Crippen LogP contribution in [0.3, 0.4) is 0 Å². The van der Waals surface area contributed by atoms with E-state index in [1.165, 1.54) is 109 Å². The number of esters is 3. The van der Waals surface area contributed by atoms with E-state index in [-0.39, 0.29) is 37.5 Å². The van der Waals surface area contributed by atoms with Crippen LogP contribution in [-0.4, -0.2) is 37.2 Å². The van der Waals surface area contributed by atoms with Crippen LogP contribution >= 0.6 is 0 Å². The summed E-state index contributed by atoms with van der Waals surface area (Å²) in [6.07, 6.45) is 81.4. The lowest BCUT2D eigenvalue weighted by molar-refractivity contribution is -0.167. The van der Waals surface area contributed by atoms with Gasteiger partial charge in [0.25, 0.3) is 0 Å². The van der Waals surface area contributed by atoms with Gasteiger partial charge in [0.15, 0.2) is 6.10 Å². The fraction of sp³-hybridized carbons (Fsp3) is 0.682. The number of rotatable bonds is 53. The summed E-state index contributed by atoms with van der Waals surface area (Å²) in [5, 5.41) is 0. The SMILES string of the molecule is CC/C=C\C/C=C\C/C=C\C/C=C\C/C=C\C/C=C\C/C=C\C/C=C\C/C=C\CCCC(=O)OCC(COC(=O)CCCCCCC)OC(=O)CCCCCCCCCCCCCCCCCCCCCC. The Balaban J connectivity index is 4.20. The van der Waals surface area contributed by atoms with Crippen LogP contribution in [0.2, 0.25) is 0 Å². The van der Waals surface area contributed by atoms with Gasteiger partial charge in [-0.1, -0.05) is 278 Å². The summed E-state index contributed by atoms with van der Waals surface area (Å²) in [7, 11) is 0. The van der Waals surface area contributed by atoms with E-state index in [9.17, 15) is 14.4 Å². The van der Waals surface area contributed by atoms with Crippen LogP contribution in [0.1, 0.15) is 271 Å². The molecule has 6 nitrogen and oxygen atoms in total. The number of ether oxygens (including phenoxy) is 3. The Morgan fingerprint density at radius 1 is 0.292 bits per heavy atom. The first-order valence-corrected chi connectivity index (χ1v) is 29.9. The lowest BCUT2D eigenvalue weighted by Gasteiger charge is -2.18. The second kappa shape index (κ2) is 59.6. The van der Waals surface area contributed by atoms with Gasteiger partial charge in [0, 0.05) is 19.3 Å². The molecular weight excluding hydrogens is 889 g/mol. The van der Waals surface area contributed by atoms with E-state index in [4.69, 9.17) is 14.2 Å². The minimum atomic E-state index is -0.797. The van der Waals surface area contributed by atoms with Gasteiger partial charge in [0.2, 0.25) is 0 Å². The molecule has 0 aliphatic carbocycles. The van der Waals surface area contributed by atoms with Crippen LogP contribution in [-0.2, 0) is 28.6 Å². The van der Waals surface area contributed by atoms with Gasteiger partial charge in [-0.25, -0.2) is 0 Å². The topological polar surface area (TPSA) is 78.9 Å². The highest BCUT2D eigenvalue weighted by atomic mass is 16.6. The van der Waals surface area contributed by atoms with E-state index >= 15 is 0 Å². The molecule has 0 saturated heterocycles. The van der Waals surface area contributed by atoms with Crippen LogP contribution in [0.25, 0.3) is 0 Å². The lowest BCUT2D eigenvalue weighted by atomic mass is 10.0. The highest BCUT2D eigenvalue weighted by molar-refractivity contribution is 5.71. The number of hydrogen-bond acceptors (Lipinski definition) is 6. The molecule has 6 heteroatoms. The second-order valence-electron chi connectivity index (χ2n) is 19.5. The Hall–Kier alpha value is -3.93. The zero-order valence-corrected chi connectivity index (χ0v) is 46.9. The van der Waals surface area contributed by atoms with Gasteiger partial charge in [0.05, 0.1) is 0 Å². The van der Waals surface area contributed by atoms with Crippen molar-refractivity contribution < 1.29 is 28.6 Å². The number of allylic oxidation sites excluding steroid dienone is 18. The number of carbonyl (C=O) groups is 3. The molecule has 410 valence electrons. The minimum Gasteiger partial charge on any atom is -0.462 e. The molecule has 0 aromatic rings. The van der Waals surface area contributed by atoms with Gasteiger partial charge in [0.1, 0.15) is 13.2 Å². The Labute approximate surface area is 444 Å². The maximum atomic E-state index is 12.8. The molecule has 0 aliphatic rings. The average Bonchev–Trinajstić information content (AvgIpc) is 3.38. The highest BCUT2D eigenvalue weighted by Crippen LogP contribution is 2.16. The maximum Gasteiger partial charge on any atom is 0.306 e. The number of hydrogen-bond donors (Lipinski definition) is 0. The summed E-state index contributed by atoms with van der Waals surface area (Å²) < 4.78 is 16.7. The molecule has 0 fully saturated rings. The predicted molar refractivity (Wildman–Crippen MR) is 311 cm³/mol. The molecule has 0 aromatic carbocycles. The van der Waals surface area contributed by atoms with Crippen molar-refractivity contribution in [3.05, 3.63) is 109 Å². The average molecular weight is 1000 g/mol. The molecule has 0 radical (unpaired) electrons. The minimum absolute atomic E-state index is 0.0956. The molecule has 0 aliphatic heterocycles. The zero-order valence-electron chi connectivity index (χ0n) is 46.9. The molecule has 0 spiro atoms. The third-order valence-corrected chi connectivity index (χ3v) is 12.5. The van der Waals surface area contributed by atoms with Crippen LogP contribution < -0.4 is 0 Å². The quantitative estimate of drug-likeness (QED) is 0.0261. The summed E-state index contributed by atoms with van der Waals surface area (Å²) in [6.45, 7) is 6.41. The molecule has 72 heavy (non-hydrogen) atoms. The number of unbranched alkanes of at least 4 members (excludes halogenated alkanes) is 24. The Kier molecular flexibility index (Phi) is 56.4. The summed E-state index contributed by atoms with van der Waals surface area (Å²) in [5.41, 5.74) is 0. The van der Waals surface area contributed by atoms with E-state index in [0.717, 1.165) is 116 Å². The third-order valence-electron chi connectivity index (χ3n) is 12.5. The highest BCUT2D eigenvalue weighted by Gasteiger charge is 2.19. The van der Waals surface area contributed by atoms with Crippen LogP contribution in [0.4, 0.5) is 0 Å². The Morgan fingerprint density at radius 2 is 0.542 bits per heavy atom. The van der Waals surface area contributed by atoms with Gasteiger partial charge in [-0.3, -0.25) is 14.4 Å². The molecule has 0 heterocycles. The molecule has 0 saturated carbocycles. The first-order chi connectivity index (χ1) is 35.5. The molecule has 1 unspecified atom stereocenters. The van der Waals surface area contributed by atoms with Gasteiger partial charge in [-0.15, -0.1) is 0 Å². The van der Waals surface area contributed by atoms with Crippen molar-refractivity contribution in [2.45, 2.75) is 277 Å². The normalized spacial score (nSPS) is 12.9. The molecule has 0 amide bonds. The smallest absolute Gasteiger partial charge is 0.306 e. The lowest BCUT2D eigenvalue weighted by Crippen LogP contribution is -2.30. The van der Waals surface area contributed by atoms with Crippen molar-refractivity contribution in [1.29, 1.82) is 0 Å². The molecular formula is C66H110O6. The van der Waals surface area contributed by atoms with Gasteiger partial charge in [-0.2, -0.15) is 0 Å². The summed E-state index contributed by atoms with van der Waals surface area (Å²) in [4.78, 5) is 37.8. The Bertz CT molecular complexity index is 1470. The van der Waals surface area contributed by atoms with Crippen LogP contribution in [0, 0.1) is 0 Å². The first kappa shape index (κ1) is 68.1. The number of carbonyl (C=O) groups excluding carboxylic acids is 3. The van der Waals surface area contributed by atoms with Gasteiger partial charge >= 0.3 is 17.9 Å². The Morgan fingerprint density at radius 3 is 0.847 bits per heavy atom. The molecule has 0 N–H and O–H groups in total. The van der Waals surface area contributed by atoms with Crippen molar-refractivity contribution in [2.24, 2.45) is 0 Å². The molecule has 0 rings (SSSR count). The van der Waals surface area contributed by atoms with E-state index < -0.39 is 6.10 Å². The van der Waals surface area contributed by atoms with E-state index in [1.54, 1.807) is 0 Å². The van der Waals surface area contributed by atoms with E-state index in [1.807, 2.05) is 0 Å². The van der Waals surface area contributed by atoms with E-state index in [0.29, 0.717) is 19.3 Å². The predicted octanol–water partition coefficient (Wildman–Crippen LogP) is 20.3. The largest absolute Gasteiger partial charge is 0.462 e. The van der Waals surface area contributed by atoms with Gasteiger partial charge in [-0.05, 0) is 83.5 Å². The van der Waals surface area contributed by atoms with Crippen molar-refractivity contribution >= 4 is 17.9 Å². The van der Waals surface area contributed by atoms with Crippen LogP contribution in [0.5, 0.6) is 0 Å². The summed E-state index contributed by atoms with van der Waals surface area (Å²) >= 11 is 0. The second-order valence-corrected chi connectivity index (χ2v) is 19.5. The van der Waals surface area contributed by atoms with Gasteiger partial charge < -0.3 is 14.2 Å². The third kappa shape index (κ3) is 57.0.